The predicted molar refractivity (Wildman–Crippen MR) is 50.1 cm³/mol. The zero-order valence-electron chi connectivity index (χ0n) is 8.14. The molecule has 14 heavy (non-hydrogen) atoms. The van der Waals surface area contributed by atoms with Gasteiger partial charge >= 0.3 is 0 Å². The Morgan fingerprint density at radius 1 is 1.71 bits per heavy atom. The molecule has 1 aromatic rings. The lowest BCUT2D eigenvalue weighted by atomic mass is 10.2. The molecule has 0 aliphatic carbocycles. The summed E-state index contributed by atoms with van der Waals surface area (Å²) in [5, 5.41) is 8.83. The summed E-state index contributed by atoms with van der Waals surface area (Å²) in [5.41, 5.74) is 0.561. The van der Waals surface area contributed by atoms with Gasteiger partial charge in [0.25, 0.3) is 6.01 Å². The molecular formula is C9H14N2O3. The molecule has 78 valence electrons. The van der Waals surface area contributed by atoms with E-state index in [9.17, 15) is 0 Å². The summed E-state index contributed by atoms with van der Waals surface area (Å²) in [5.74, 6) is 0. The number of aliphatic hydroxyl groups excluding tert-OH is 1. The van der Waals surface area contributed by atoms with Crippen molar-refractivity contribution in [1.82, 2.24) is 4.98 Å². The number of ether oxygens (including phenoxy) is 1. The van der Waals surface area contributed by atoms with Crippen molar-refractivity contribution < 1.29 is 14.3 Å². The van der Waals surface area contributed by atoms with Gasteiger partial charge in [0.05, 0.1) is 19.3 Å². The monoisotopic (exact) mass is 198 g/mol. The number of aliphatic hydroxyl groups is 1. The maximum absolute atomic E-state index is 8.83. The Kier molecular flexibility index (Phi) is 2.69. The Morgan fingerprint density at radius 3 is 3.14 bits per heavy atom. The fourth-order valence-electron chi connectivity index (χ4n) is 1.51. The molecule has 5 heteroatoms. The van der Waals surface area contributed by atoms with Crippen LogP contribution in [0.3, 0.4) is 0 Å². The molecule has 1 fully saturated rings. The number of hydrogen-bond donors (Lipinski definition) is 1. The van der Waals surface area contributed by atoms with E-state index in [2.05, 4.69) is 4.98 Å². The van der Waals surface area contributed by atoms with Gasteiger partial charge in [-0.05, 0) is 6.42 Å². The fourth-order valence-corrected chi connectivity index (χ4v) is 1.51. The minimum atomic E-state index is -0.0848. The summed E-state index contributed by atoms with van der Waals surface area (Å²) in [4.78, 5) is 6.08. The average Bonchev–Trinajstić information content (AvgIpc) is 2.88. The maximum Gasteiger partial charge on any atom is 0.297 e. The lowest BCUT2D eigenvalue weighted by Crippen LogP contribution is -2.31. The quantitative estimate of drug-likeness (QED) is 0.761. The average molecular weight is 198 g/mol. The highest BCUT2D eigenvalue weighted by Gasteiger charge is 2.23. The van der Waals surface area contributed by atoms with Crippen LogP contribution >= 0.6 is 0 Å². The van der Waals surface area contributed by atoms with Crippen LogP contribution in [0.4, 0.5) is 6.01 Å². The smallest absolute Gasteiger partial charge is 0.297 e. The zero-order valence-corrected chi connectivity index (χ0v) is 8.14. The second-order valence-corrected chi connectivity index (χ2v) is 3.41. The highest BCUT2D eigenvalue weighted by atomic mass is 16.5. The Bertz CT molecular complexity index is 294. The highest BCUT2D eigenvalue weighted by Crippen LogP contribution is 2.19. The Morgan fingerprint density at radius 2 is 2.57 bits per heavy atom. The Labute approximate surface area is 82.3 Å². The number of likely N-dealkylation sites (N-methyl/N-ethyl adjacent to an activating group) is 1. The first kappa shape index (κ1) is 9.48. The largest absolute Gasteiger partial charge is 0.432 e. The van der Waals surface area contributed by atoms with E-state index in [0.717, 1.165) is 13.0 Å². The second-order valence-electron chi connectivity index (χ2n) is 3.41. The van der Waals surface area contributed by atoms with Crippen LogP contribution in [0.5, 0.6) is 0 Å². The van der Waals surface area contributed by atoms with Crippen molar-refractivity contribution in [2.24, 2.45) is 0 Å². The minimum absolute atomic E-state index is 0.0848. The zero-order chi connectivity index (χ0) is 9.97. The summed E-state index contributed by atoms with van der Waals surface area (Å²) in [7, 11) is 1.92. The molecule has 1 saturated heterocycles. The van der Waals surface area contributed by atoms with E-state index in [0.29, 0.717) is 24.4 Å². The third kappa shape index (κ3) is 1.73. The van der Waals surface area contributed by atoms with Gasteiger partial charge in [-0.25, -0.2) is 0 Å². The van der Waals surface area contributed by atoms with Crippen LogP contribution in [-0.2, 0) is 11.3 Å². The van der Waals surface area contributed by atoms with Crippen LogP contribution in [0.2, 0.25) is 0 Å². The van der Waals surface area contributed by atoms with E-state index in [1.54, 1.807) is 0 Å². The molecule has 1 aliphatic rings. The first-order chi connectivity index (χ1) is 6.81. The molecular weight excluding hydrogens is 184 g/mol. The molecule has 0 radical (unpaired) electrons. The van der Waals surface area contributed by atoms with Crippen molar-refractivity contribution in [3.8, 4) is 0 Å². The van der Waals surface area contributed by atoms with E-state index < -0.39 is 0 Å². The van der Waals surface area contributed by atoms with Gasteiger partial charge in [-0.2, -0.15) is 4.98 Å². The maximum atomic E-state index is 8.83. The summed E-state index contributed by atoms with van der Waals surface area (Å²) in [6.07, 6.45) is 2.47. The lowest BCUT2D eigenvalue weighted by molar-refractivity contribution is 0.193. The molecule has 1 atom stereocenters. The lowest BCUT2D eigenvalue weighted by Gasteiger charge is -2.20. The fraction of sp³-hybridized carbons (Fsp3) is 0.667. The molecule has 1 N–H and O–H groups in total. The van der Waals surface area contributed by atoms with Gasteiger partial charge in [0, 0.05) is 13.7 Å². The van der Waals surface area contributed by atoms with Crippen molar-refractivity contribution in [2.45, 2.75) is 19.1 Å². The second kappa shape index (κ2) is 3.98. The molecule has 1 unspecified atom stereocenters. The molecule has 0 spiro atoms. The molecule has 5 nitrogen and oxygen atoms in total. The molecule has 0 bridgehead atoms. The van der Waals surface area contributed by atoms with Crippen molar-refractivity contribution in [2.75, 3.05) is 25.2 Å². The van der Waals surface area contributed by atoms with E-state index in [-0.39, 0.29) is 6.61 Å². The topological polar surface area (TPSA) is 58.7 Å². The summed E-state index contributed by atoms with van der Waals surface area (Å²) in [6.45, 7) is 1.43. The molecule has 0 saturated carbocycles. The van der Waals surface area contributed by atoms with E-state index in [4.69, 9.17) is 14.3 Å². The summed E-state index contributed by atoms with van der Waals surface area (Å²) < 4.78 is 10.5. The molecule has 0 aromatic carbocycles. The molecule has 0 amide bonds. The molecule has 2 rings (SSSR count). The van der Waals surface area contributed by atoms with Gasteiger partial charge in [-0.1, -0.05) is 0 Å². The van der Waals surface area contributed by atoms with E-state index in [1.165, 1.54) is 6.26 Å². The van der Waals surface area contributed by atoms with Crippen LogP contribution in [0.15, 0.2) is 10.7 Å². The van der Waals surface area contributed by atoms with Crippen molar-refractivity contribution in [3.63, 3.8) is 0 Å². The number of oxazole rings is 1. The van der Waals surface area contributed by atoms with Crippen molar-refractivity contribution in [3.05, 3.63) is 12.0 Å². The molecule has 1 aromatic heterocycles. The van der Waals surface area contributed by atoms with Gasteiger partial charge in [0.2, 0.25) is 0 Å². The normalized spacial score (nSPS) is 21.4. The van der Waals surface area contributed by atoms with Crippen molar-refractivity contribution >= 4 is 6.01 Å². The Balaban J connectivity index is 2.05. The van der Waals surface area contributed by atoms with Crippen LogP contribution in [0.1, 0.15) is 12.1 Å². The Hall–Kier alpha value is -1.07. The number of hydrogen-bond acceptors (Lipinski definition) is 5. The third-order valence-electron chi connectivity index (χ3n) is 2.46. The minimum Gasteiger partial charge on any atom is -0.432 e. The van der Waals surface area contributed by atoms with Gasteiger partial charge in [-0.3, -0.25) is 0 Å². The number of aromatic nitrogens is 1. The van der Waals surface area contributed by atoms with E-state index in [1.807, 2.05) is 11.9 Å². The first-order valence-electron chi connectivity index (χ1n) is 4.67. The van der Waals surface area contributed by atoms with Crippen molar-refractivity contribution in [1.29, 1.82) is 0 Å². The van der Waals surface area contributed by atoms with Crippen LogP contribution in [0, 0.1) is 0 Å². The summed E-state index contributed by atoms with van der Waals surface area (Å²) >= 11 is 0. The number of rotatable bonds is 3. The molecule has 1 aliphatic heterocycles. The number of nitrogens with zero attached hydrogens (tertiary/aromatic N) is 2. The van der Waals surface area contributed by atoms with Crippen LogP contribution in [0.25, 0.3) is 0 Å². The third-order valence-corrected chi connectivity index (χ3v) is 2.46. The molecule has 2 heterocycles. The van der Waals surface area contributed by atoms with Crippen LogP contribution in [-0.4, -0.2) is 36.4 Å². The standard InChI is InChI=1S/C9H14N2O3/c1-11(8-2-3-13-6-8)9-10-7(4-12)5-14-9/h5,8,12H,2-4,6H2,1H3. The highest BCUT2D eigenvalue weighted by molar-refractivity contribution is 5.27. The van der Waals surface area contributed by atoms with Gasteiger partial charge in [-0.15, -0.1) is 0 Å². The number of anilines is 1. The SMILES string of the molecule is CN(c1nc(CO)co1)C1CCOC1. The van der Waals surface area contributed by atoms with Gasteiger partial charge in [0.1, 0.15) is 12.0 Å². The van der Waals surface area contributed by atoms with Crippen LogP contribution < -0.4 is 4.90 Å². The summed E-state index contributed by atoms with van der Waals surface area (Å²) in [6, 6.07) is 0.879. The van der Waals surface area contributed by atoms with Gasteiger partial charge in [0.15, 0.2) is 0 Å². The van der Waals surface area contributed by atoms with Gasteiger partial charge < -0.3 is 19.2 Å². The predicted octanol–water partition coefficient (Wildman–Crippen LogP) is 0.392. The van der Waals surface area contributed by atoms with E-state index >= 15 is 0 Å². The first-order valence-corrected chi connectivity index (χ1v) is 4.67.